The van der Waals surface area contributed by atoms with Crippen molar-refractivity contribution in [2.45, 2.75) is 45.1 Å². The largest absolute Gasteiger partial charge is 0.307 e. The van der Waals surface area contributed by atoms with Crippen LogP contribution in [0.5, 0.6) is 0 Å². The third-order valence-electron chi connectivity index (χ3n) is 3.57. The zero-order valence-corrected chi connectivity index (χ0v) is 13.5. The zero-order valence-electron chi connectivity index (χ0n) is 11.4. The molecule has 1 aliphatic carbocycles. The molecule has 0 saturated carbocycles. The van der Waals surface area contributed by atoms with Gasteiger partial charge in [0, 0.05) is 3.57 Å². The van der Waals surface area contributed by atoms with Crippen LogP contribution in [0.15, 0.2) is 29.8 Å². The molecule has 1 atom stereocenters. The van der Waals surface area contributed by atoms with Gasteiger partial charge in [-0.25, -0.2) is 4.39 Å². The van der Waals surface area contributed by atoms with Gasteiger partial charge in [0.05, 0.1) is 6.04 Å². The molecule has 2 rings (SSSR count). The van der Waals surface area contributed by atoms with Crippen molar-refractivity contribution in [1.82, 2.24) is 5.32 Å². The quantitative estimate of drug-likeness (QED) is 0.568. The van der Waals surface area contributed by atoms with Crippen molar-refractivity contribution in [1.29, 1.82) is 0 Å². The molecule has 0 aliphatic heterocycles. The number of rotatable bonds is 5. The Hall–Kier alpha value is -0.420. The summed E-state index contributed by atoms with van der Waals surface area (Å²) in [5, 5.41) is 3.62. The van der Waals surface area contributed by atoms with E-state index in [1.165, 1.54) is 30.4 Å². The van der Waals surface area contributed by atoms with Crippen molar-refractivity contribution in [3.63, 3.8) is 0 Å². The van der Waals surface area contributed by atoms with Crippen molar-refractivity contribution in [3.05, 3.63) is 44.8 Å². The summed E-state index contributed by atoms with van der Waals surface area (Å²) in [6.45, 7) is 3.17. The highest BCUT2D eigenvalue weighted by Gasteiger charge is 2.19. The Labute approximate surface area is 128 Å². The Balaban J connectivity index is 2.27. The molecule has 1 N–H and O–H groups in total. The van der Waals surface area contributed by atoms with Crippen molar-refractivity contribution in [2.75, 3.05) is 6.54 Å². The third-order valence-corrected chi connectivity index (χ3v) is 4.50. The van der Waals surface area contributed by atoms with Gasteiger partial charge in [-0.2, -0.15) is 0 Å². The highest BCUT2D eigenvalue weighted by molar-refractivity contribution is 14.1. The second kappa shape index (κ2) is 7.39. The number of halogens is 2. The molecule has 0 radical (unpaired) electrons. The van der Waals surface area contributed by atoms with Crippen molar-refractivity contribution < 1.29 is 4.39 Å². The second-order valence-corrected chi connectivity index (χ2v) is 6.24. The summed E-state index contributed by atoms with van der Waals surface area (Å²) >= 11 is 2.24. The van der Waals surface area contributed by atoms with Crippen LogP contribution < -0.4 is 5.32 Å². The first-order chi connectivity index (χ1) is 9.22. The van der Waals surface area contributed by atoms with Crippen LogP contribution in [-0.2, 0) is 0 Å². The van der Waals surface area contributed by atoms with Gasteiger partial charge in [0.15, 0.2) is 0 Å². The molecule has 0 saturated heterocycles. The Morgan fingerprint density at radius 1 is 1.37 bits per heavy atom. The molecule has 1 aromatic carbocycles. The lowest BCUT2D eigenvalue weighted by Gasteiger charge is -2.26. The molecule has 19 heavy (non-hydrogen) atoms. The maximum atomic E-state index is 13.3. The van der Waals surface area contributed by atoms with Crippen molar-refractivity contribution >= 4 is 22.6 Å². The van der Waals surface area contributed by atoms with Crippen LogP contribution in [0.25, 0.3) is 0 Å². The molecule has 0 spiro atoms. The number of nitrogens with one attached hydrogen (secondary N) is 1. The molecule has 0 aromatic heterocycles. The van der Waals surface area contributed by atoms with Gasteiger partial charge in [0.1, 0.15) is 5.82 Å². The summed E-state index contributed by atoms with van der Waals surface area (Å²) in [5.74, 6) is -0.153. The summed E-state index contributed by atoms with van der Waals surface area (Å²) in [6.07, 6.45) is 8.39. The maximum Gasteiger partial charge on any atom is 0.124 e. The van der Waals surface area contributed by atoms with Gasteiger partial charge in [-0.15, -0.1) is 0 Å². The van der Waals surface area contributed by atoms with Crippen LogP contribution in [0.3, 0.4) is 0 Å². The fourth-order valence-corrected chi connectivity index (χ4v) is 3.38. The molecular weight excluding hydrogens is 352 g/mol. The van der Waals surface area contributed by atoms with Gasteiger partial charge in [-0.1, -0.05) is 24.6 Å². The Morgan fingerprint density at radius 2 is 2.21 bits per heavy atom. The average Bonchev–Trinajstić information content (AvgIpc) is 2.42. The first-order valence-electron chi connectivity index (χ1n) is 7.09. The van der Waals surface area contributed by atoms with Gasteiger partial charge >= 0.3 is 0 Å². The predicted molar refractivity (Wildman–Crippen MR) is 86.7 cm³/mol. The molecular formula is C16H21FIN. The fourth-order valence-electron chi connectivity index (χ4n) is 2.59. The van der Waals surface area contributed by atoms with E-state index < -0.39 is 0 Å². The van der Waals surface area contributed by atoms with Crippen molar-refractivity contribution in [2.24, 2.45) is 0 Å². The Morgan fingerprint density at radius 3 is 2.84 bits per heavy atom. The smallest absolute Gasteiger partial charge is 0.124 e. The van der Waals surface area contributed by atoms with E-state index in [1.807, 2.05) is 6.07 Å². The molecule has 0 fully saturated rings. The fraction of sp³-hybridized carbons (Fsp3) is 0.500. The SMILES string of the molecule is CCCNC(C1=CCCCC1)c1ccc(F)cc1I. The van der Waals surface area contributed by atoms with E-state index >= 15 is 0 Å². The summed E-state index contributed by atoms with van der Waals surface area (Å²) < 4.78 is 14.3. The highest BCUT2D eigenvalue weighted by Crippen LogP contribution is 2.32. The minimum absolute atomic E-state index is 0.153. The molecule has 1 unspecified atom stereocenters. The van der Waals surface area contributed by atoms with Crippen LogP contribution in [0.4, 0.5) is 4.39 Å². The highest BCUT2D eigenvalue weighted by atomic mass is 127. The number of allylic oxidation sites excluding steroid dienone is 1. The number of benzene rings is 1. The Kier molecular flexibility index (Phi) is 5.82. The van der Waals surface area contributed by atoms with E-state index in [0.29, 0.717) is 0 Å². The van der Waals surface area contributed by atoms with Crippen LogP contribution in [0.1, 0.15) is 50.6 Å². The van der Waals surface area contributed by atoms with Gasteiger partial charge in [-0.05, 0) is 78.9 Å². The van der Waals surface area contributed by atoms with Gasteiger partial charge in [0.25, 0.3) is 0 Å². The molecule has 1 aromatic rings. The molecule has 1 nitrogen and oxygen atoms in total. The molecule has 1 aliphatic rings. The monoisotopic (exact) mass is 373 g/mol. The molecule has 0 heterocycles. The minimum atomic E-state index is -0.153. The number of hydrogen-bond donors (Lipinski definition) is 1. The average molecular weight is 373 g/mol. The summed E-state index contributed by atoms with van der Waals surface area (Å²) in [7, 11) is 0. The van der Waals surface area contributed by atoms with E-state index in [4.69, 9.17) is 0 Å². The van der Waals surface area contributed by atoms with Gasteiger partial charge < -0.3 is 5.32 Å². The minimum Gasteiger partial charge on any atom is -0.307 e. The lowest BCUT2D eigenvalue weighted by molar-refractivity contribution is 0.543. The van der Waals surface area contributed by atoms with Crippen LogP contribution >= 0.6 is 22.6 Å². The lowest BCUT2D eigenvalue weighted by Crippen LogP contribution is -2.25. The molecule has 0 amide bonds. The predicted octanol–water partition coefficient (Wildman–Crippen LogP) is 4.97. The first kappa shape index (κ1) is 15.0. The molecule has 104 valence electrons. The maximum absolute atomic E-state index is 13.3. The summed E-state index contributed by atoms with van der Waals surface area (Å²) in [5.41, 5.74) is 2.69. The molecule has 3 heteroatoms. The van der Waals surface area contributed by atoms with E-state index in [2.05, 4.69) is 40.9 Å². The van der Waals surface area contributed by atoms with Gasteiger partial charge in [-0.3, -0.25) is 0 Å². The second-order valence-electron chi connectivity index (χ2n) is 5.08. The van der Waals surface area contributed by atoms with Crippen molar-refractivity contribution in [3.8, 4) is 0 Å². The summed E-state index contributed by atoms with van der Waals surface area (Å²) in [6, 6.07) is 5.38. The Bertz CT molecular complexity index is 456. The van der Waals surface area contributed by atoms with Crippen LogP contribution in [0, 0.1) is 9.39 Å². The third kappa shape index (κ3) is 4.02. The van der Waals surface area contributed by atoms with E-state index in [9.17, 15) is 4.39 Å². The topological polar surface area (TPSA) is 12.0 Å². The standard InChI is InChI=1S/C16H21FIN/c1-2-10-19-16(12-6-4-3-5-7-12)14-9-8-13(17)11-15(14)18/h6,8-9,11,16,19H,2-5,7,10H2,1H3. The molecule has 0 bridgehead atoms. The van der Waals surface area contributed by atoms with Gasteiger partial charge in [0.2, 0.25) is 0 Å². The van der Waals surface area contributed by atoms with E-state index in [1.54, 1.807) is 12.1 Å². The van der Waals surface area contributed by atoms with E-state index in [-0.39, 0.29) is 11.9 Å². The lowest BCUT2D eigenvalue weighted by atomic mass is 9.89. The number of hydrogen-bond acceptors (Lipinski definition) is 1. The summed E-state index contributed by atoms with van der Waals surface area (Å²) in [4.78, 5) is 0. The zero-order chi connectivity index (χ0) is 13.7. The first-order valence-corrected chi connectivity index (χ1v) is 8.17. The van der Waals surface area contributed by atoms with Crippen LogP contribution in [0.2, 0.25) is 0 Å². The van der Waals surface area contributed by atoms with Crippen LogP contribution in [-0.4, -0.2) is 6.54 Å². The van der Waals surface area contributed by atoms with E-state index in [0.717, 1.165) is 23.0 Å². The normalized spacial score (nSPS) is 17.1.